The molecular weight excluding hydrogens is 190 g/mol. The smallest absolute Gasteiger partial charge is 0.0895 e. The highest BCUT2D eigenvalue weighted by molar-refractivity contribution is 5.47. The lowest BCUT2D eigenvalue weighted by atomic mass is 10.1. The molecule has 0 radical (unpaired) electrons. The number of hydrogen-bond acceptors (Lipinski definition) is 3. The van der Waals surface area contributed by atoms with Gasteiger partial charge in [-0.15, -0.1) is 0 Å². The van der Waals surface area contributed by atoms with Crippen molar-refractivity contribution in [1.82, 2.24) is 5.32 Å². The summed E-state index contributed by atoms with van der Waals surface area (Å²) < 4.78 is 0. The van der Waals surface area contributed by atoms with Gasteiger partial charge in [0.1, 0.15) is 0 Å². The summed E-state index contributed by atoms with van der Waals surface area (Å²) in [5, 5.41) is 20.7. The molecule has 0 aliphatic carbocycles. The Morgan fingerprint density at radius 2 is 2.00 bits per heavy atom. The molecule has 0 fully saturated rings. The van der Waals surface area contributed by atoms with Crippen LogP contribution in [0.3, 0.4) is 0 Å². The van der Waals surface area contributed by atoms with Gasteiger partial charge in [-0.2, -0.15) is 0 Å². The largest absolute Gasteiger partial charge is 0.394 e. The Morgan fingerprint density at radius 3 is 2.53 bits per heavy atom. The Morgan fingerprint density at radius 1 is 1.33 bits per heavy atom. The third-order valence-corrected chi connectivity index (χ3v) is 2.14. The standard InChI is InChI=1S/C12H17NO2/c1-2-10-3-5-11(6-4-10)7-13-8-12(15)9-14/h2-6,12-15H,1,7-9H2. The quantitative estimate of drug-likeness (QED) is 0.646. The highest BCUT2D eigenvalue weighted by Gasteiger charge is 2.00. The van der Waals surface area contributed by atoms with Crippen LogP contribution in [0.25, 0.3) is 6.08 Å². The zero-order chi connectivity index (χ0) is 11.1. The molecule has 1 aromatic carbocycles. The summed E-state index contributed by atoms with van der Waals surface area (Å²) in [5.74, 6) is 0. The third-order valence-electron chi connectivity index (χ3n) is 2.14. The molecule has 15 heavy (non-hydrogen) atoms. The molecule has 1 aromatic rings. The third kappa shape index (κ3) is 4.25. The van der Waals surface area contributed by atoms with E-state index in [0.29, 0.717) is 13.1 Å². The molecule has 0 aliphatic rings. The maximum atomic E-state index is 9.09. The van der Waals surface area contributed by atoms with Crippen molar-refractivity contribution in [2.24, 2.45) is 0 Å². The maximum absolute atomic E-state index is 9.09. The summed E-state index contributed by atoms with van der Waals surface area (Å²) in [6, 6.07) is 8.00. The van der Waals surface area contributed by atoms with Crippen molar-refractivity contribution >= 4 is 6.08 Å². The molecular formula is C12H17NO2. The number of rotatable bonds is 6. The van der Waals surface area contributed by atoms with E-state index < -0.39 is 6.10 Å². The Hall–Kier alpha value is -1.16. The Balaban J connectivity index is 2.34. The molecule has 0 aromatic heterocycles. The van der Waals surface area contributed by atoms with Crippen LogP contribution in [-0.4, -0.2) is 29.5 Å². The highest BCUT2D eigenvalue weighted by Crippen LogP contribution is 2.04. The topological polar surface area (TPSA) is 52.5 Å². The second-order valence-corrected chi connectivity index (χ2v) is 3.41. The van der Waals surface area contributed by atoms with Crippen LogP contribution in [-0.2, 0) is 6.54 Å². The molecule has 0 heterocycles. The zero-order valence-electron chi connectivity index (χ0n) is 8.69. The van der Waals surface area contributed by atoms with E-state index in [0.717, 1.165) is 11.1 Å². The summed E-state index contributed by atoms with van der Waals surface area (Å²) in [5.41, 5.74) is 2.24. The van der Waals surface area contributed by atoms with Crippen LogP contribution in [0.4, 0.5) is 0 Å². The second-order valence-electron chi connectivity index (χ2n) is 3.41. The van der Waals surface area contributed by atoms with E-state index in [1.165, 1.54) is 0 Å². The van der Waals surface area contributed by atoms with Gasteiger partial charge in [-0.1, -0.05) is 36.9 Å². The number of aliphatic hydroxyl groups excluding tert-OH is 2. The number of benzene rings is 1. The van der Waals surface area contributed by atoms with Crippen LogP contribution in [0.5, 0.6) is 0 Å². The van der Waals surface area contributed by atoms with Gasteiger partial charge < -0.3 is 15.5 Å². The molecule has 1 rings (SSSR count). The van der Waals surface area contributed by atoms with Crippen LogP contribution in [0.15, 0.2) is 30.8 Å². The second kappa shape index (κ2) is 6.35. The average Bonchev–Trinajstić information content (AvgIpc) is 2.29. The molecule has 1 atom stereocenters. The average molecular weight is 207 g/mol. The Kier molecular flexibility index (Phi) is 5.04. The fraction of sp³-hybridized carbons (Fsp3) is 0.333. The predicted molar refractivity (Wildman–Crippen MR) is 61.3 cm³/mol. The van der Waals surface area contributed by atoms with E-state index in [4.69, 9.17) is 10.2 Å². The van der Waals surface area contributed by atoms with E-state index >= 15 is 0 Å². The lowest BCUT2D eigenvalue weighted by Crippen LogP contribution is -2.28. The van der Waals surface area contributed by atoms with Gasteiger partial charge >= 0.3 is 0 Å². The van der Waals surface area contributed by atoms with Crippen molar-refractivity contribution in [1.29, 1.82) is 0 Å². The van der Waals surface area contributed by atoms with Crippen LogP contribution >= 0.6 is 0 Å². The molecule has 0 amide bonds. The van der Waals surface area contributed by atoms with Crippen molar-refractivity contribution < 1.29 is 10.2 Å². The van der Waals surface area contributed by atoms with Gasteiger partial charge in [-0.25, -0.2) is 0 Å². The molecule has 0 saturated carbocycles. The van der Waals surface area contributed by atoms with Gasteiger partial charge in [0.25, 0.3) is 0 Å². The Bertz CT molecular complexity index is 295. The maximum Gasteiger partial charge on any atom is 0.0895 e. The number of nitrogens with one attached hydrogen (secondary N) is 1. The van der Waals surface area contributed by atoms with Gasteiger partial charge in [-0.3, -0.25) is 0 Å². The molecule has 82 valence electrons. The molecule has 0 saturated heterocycles. The van der Waals surface area contributed by atoms with E-state index in [1.807, 2.05) is 24.3 Å². The fourth-order valence-electron chi connectivity index (χ4n) is 1.22. The minimum atomic E-state index is -0.683. The number of aliphatic hydroxyl groups is 2. The molecule has 0 aliphatic heterocycles. The van der Waals surface area contributed by atoms with Crippen molar-refractivity contribution in [2.45, 2.75) is 12.6 Å². The summed E-state index contributed by atoms with van der Waals surface area (Å²) in [4.78, 5) is 0. The van der Waals surface area contributed by atoms with E-state index in [9.17, 15) is 0 Å². The van der Waals surface area contributed by atoms with Crippen LogP contribution in [0.1, 0.15) is 11.1 Å². The molecule has 3 N–H and O–H groups in total. The minimum Gasteiger partial charge on any atom is -0.394 e. The van der Waals surface area contributed by atoms with Crippen LogP contribution < -0.4 is 5.32 Å². The van der Waals surface area contributed by atoms with Crippen LogP contribution in [0.2, 0.25) is 0 Å². The summed E-state index contributed by atoms with van der Waals surface area (Å²) in [6.45, 7) is 4.57. The van der Waals surface area contributed by atoms with Crippen molar-refractivity contribution in [2.75, 3.05) is 13.2 Å². The minimum absolute atomic E-state index is 0.206. The SMILES string of the molecule is C=Cc1ccc(CNCC(O)CO)cc1. The first-order chi connectivity index (χ1) is 7.26. The summed E-state index contributed by atoms with van der Waals surface area (Å²) in [7, 11) is 0. The van der Waals surface area contributed by atoms with E-state index in [-0.39, 0.29) is 6.61 Å². The monoisotopic (exact) mass is 207 g/mol. The lowest BCUT2D eigenvalue weighted by Gasteiger charge is -2.08. The molecule has 0 bridgehead atoms. The van der Waals surface area contributed by atoms with Gasteiger partial charge in [-0.05, 0) is 11.1 Å². The van der Waals surface area contributed by atoms with Gasteiger partial charge in [0.15, 0.2) is 0 Å². The van der Waals surface area contributed by atoms with E-state index in [1.54, 1.807) is 6.08 Å². The lowest BCUT2D eigenvalue weighted by molar-refractivity contribution is 0.0942. The first-order valence-electron chi connectivity index (χ1n) is 4.97. The van der Waals surface area contributed by atoms with Crippen molar-refractivity contribution in [3.05, 3.63) is 42.0 Å². The molecule has 3 nitrogen and oxygen atoms in total. The Labute approximate surface area is 90.1 Å². The predicted octanol–water partition coefficient (Wildman–Crippen LogP) is 0.772. The molecule has 3 heteroatoms. The van der Waals surface area contributed by atoms with Crippen molar-refractivity contribution in [3.63, 3.8) is 0 Å². The fourth-order valence-corrected chi connectivity index (χ4v) is 1.22. The molecule has 0 spiro atoms. The summed E-state index contributed by atoms with van der Waals surface area (Å²) in [6.07, 6.45) is 1.12. The molecule has 1 unspecified atom stereocenters. The van der Waals surface area contributed by atoms with Gasteiger partial charge in [0, 0.05) is 13.1 Å². The van der Waals surface area contributed by atoms with Crippen molar-refractivity contribution in [3.8, 4) is 0 Å². The first-order valence-corrected chi connectivity index (χ1v) is 4.97. The van der Waals surface area contributed by atoms with Crippen LogP contribution in [0, 0.1) is 0 Å². The summed E-state index contributed by atoms with van der Waals surface area (Å²) >= 11 is 0. The first kappa shape index (κ1) is 11.9. The van der Waals surface area contributed by atoms with E-state index in [2.05, 4.69) is 11.9 Å². The normalized spacial score (nSPS) is 12.4. The van der Waals surface area contributed by atoms with Gasteiger partial charge in [0.2, 0.25) is 0 Å². The number of hydrogen-bond donors (Lipinski definition) is 3. The zero-order valence-corrected chi connectivity index (χ0v) is 8.69. The van der Waals surface area contributed by atoms with Gasteiger partial charge in [0.05, 0.1) is 12.7 Å². The highest BCUT2D eigenvalue weighted by atomic mass is 16.3.